The number of hydrogen-bond donors (Lipinski definition) is 1. The quantitative estimate of drug-likeness (QED) is 0.656. The molecule has 18 heavy (non-hydrogen) atoms. The lowest BCUT2D eigenvalue weighted by atomic mass is 10.1. The number of nitrogens with zero attached hydrogens (tertiary/aromatic N) is 2. The lowest BCUT2D eigenvalue weighted by molar-refractivity contribution is 0.103. The minimum absolute atomic E-state index is 0.172. The fourth-order valence-electron chi connectivity index (χ4n) is 1.84. The molecule has 4 nitrogen and oxygen atoms in total. The molecule has 1 aromatic heterocycles. The summed E-state index contributed by atoms with van der Waals surface area (Å²) in [5.74, 6) is 5.68. The van der Waals surface area contributed by atoms with Gasteiger partial charge in [0, 0.05) is 11.3 Å². The van der Waals surface area contributed by atoms with Crippen molar-refractivity contribution in [2.24, 2.45) is 0 Å². The maximum Gasteiger partial charge on any atom is 0.211 e. The third-order valence-corrected chi connectivity index (χ3v) is 2.85. The summed E-state index contributed by atoms with van der Waals surface area (Å²) in [7, 11) is 0. The third-order valence-electron chi connectivity index (χ3n) is 2.85. The zero-order valence-electron chi connectivity index (χ0n) is 10.1. The second-order valence-corrected chi connectivity index (χ2v) is 3.96. The van der Waals surface area contributed by atoms with Crippen LogP contribution in [-0.4, -0.2) is 10.5 Å². The van der Waals surface area contributed by atoms with Gasteiger partial charge in [0.15, 0.2) is 0 Å². The minimum Gasteiger partial charge on any atom is -0.339 e. The van der Waals surface area contributed by atoms with E-state index in [1.54, 1.807) is 30.3 Å². The summed E-state index contributed by atoms with van der Waals surface area (Å²) >= 11 is 0. The molecule has 2 aromatic rings. The molecule has 4 heteroatoms. The SMILES string of the molecule is CCc1ccc(C(=O)c2cccc(C#N)c2)n1N. The number of carbonyl (C=O) groups excluding carboxylic acids is 1. The highest BCUT2D eigenvalue weighted by molar-refractivity contribution is 6.08. The number of nitriles is 1. The summed E-state index contributed by atoms with van der Waals surface area (Å²) in [6, 6.07) is 12.2. The number of nitrogens with two attached hydrogens (primary N) is 1. The fourth-order valence-corrected chi connectivity index (χ4v) is 1.84. The number of rotatable bonds is 3. The zero-order chi connectivity index (χ0) is 13.1. The molecule has 1 aromatic carbocycles. The molecule has 2 rings (SSSR count). The van der Waals surface area contributed by atoms with Crippen LogP contribution in [0.15, 0.2) is 36.4 Å². The van der Waals surface area contributed by atoms with Gasteiger partial charge in [0.25, 0.3) is 0 Å². The Morgan fingerprint density at radius 3 is 2.78 bits per heavy atom. The Morgan fingerprint density at radius 2 is 2.17 bits per heavy atom. The molecule has 0 saturated heterocycles. The van der Waals surface area contributed by atoms with Gasteiger partial charge in [-0.3, -0.25) is 9.47 Å². The summed E-state index contributed by atoms with van der Waals surface area (Å²) in [6.45, 7) is 1.98. The van der Waals surface area contributed by atoms with Gasteiger partial charge in [-0.15, -0.1) is 0 Å². The van der Waals surface area contributed by atoms with Crippen molar-refractivity contribution in [3.05, 3.63) is 58.9 Å². The average molecular weight is 239 g/mol. The van der Waals surface area contributed by atoms with E-state index in [9.17, 15) is 4.79 Å². The van der Waals surface area contributed by atoms with Crippen LogP contribution in [0.2, 0.25) is 0 Å². The summed E-state index contributed by atoms with van der Waals surface area (Å²) in [6.07, 6.45) is 0.766. The molecule has 0 fully saturated rings. The first-order chi connectivity index (χ1) is 8.67. The van der Waals surface area contributed by atoms with Crippen LogP contribution in [0, 0.1) is 11.3 Å². The molecule has 1 heterocycles. The van der Waals surface area contributed by atoms with E-state index in [0.717, 1.165) is 12.1 Å². The van der Waals surface area contributed by atoms with E-state index in [2.05, 4.69) is 0 Å². The first kappa shape index (κ1) is 11.9. The number of hydrogen-bond acceptors (Lipinski definition) is 3. The molecular weight excluding hydrogens is 226 g/mol. The van der Waals surface area contributed by atoms with E-state index in [-0.39, 0.29) is 5.78 Å². The second kappa shape index (κ2) is 4.76. The number of aryl methyl sites for hydroxylation is 1. The highest BCUT2D eigenvalue weighted by Gasteiger charge is 2.15. The van der Waals surface area contributed by atoms with Gasteiger partial charge in [0.1, 0.15) is 5.69 Å². The fraction of sp³-hybridized carbons (Fsp3) is 0.143. The first-order valence-corrected chi connectivity index (χ1v) is 5.68. The molecule has 0 aliphatic rings. The summed E-state index contributed by atoms with van der Waals surface area (Å²) in [5.41, 5.74) is 2.27. The standard InChI is InChI=1S/C14H13N3O/c1-2-12-6-7-13(17(12)16)14(18)11-5-3-4-10(8-11)9-15/h3-8H,2,16H2,1H3. The maximum atomic E-state index is 12.3. The van der Waals surface area contributed by atoms with Crippen molar-refractivity contribution in [1.82, 2.24) is 4.68 Å². The van der Waals surface area contributed by atoms with Gasteiger partial charge in [-0.2, -0.15) is 5.26 Å². The predicted octanol–water partition coefficient (Wildman–Crippen LogP) is 1.87. The smallest absolute Gasteiger partial charge is 0.211 e. The molecule has 0 aliphatic heterocycles. The summed E-state index contributed by atoms with van der Waals surface area (Å²) in [4.78, 5) is 12.3. The number of aromatic nitrogens is 1. The van der Waals surface area contributed by atoms with Crippen molar-refractivity contribution in [3.63, 3.8) is 0 Å². The minimum atomic E-state index is -0.172. The van der Waals surface area contributed by atoms with Crippen LogP contribution in [0.25, 0.3) is 0 Å². The molecule has 0 aliphatic carbocycles. The van der Waals surface area contributed by atoms with Crippen molar-refractivity contribution in [1.29, 1.82) is 5.26 Å². The monoisotopic (exact) mass is 239 g/mol. The average Bonchev–Trinajstić information content (AvgIpc) is 2.79. The number of nitrogen functional groups attached to an aromatic ring is 1. The summed E-state index contributed by atoms with van der Waals surface area (Å²) in [5, 5.41) is 8.82. The van der Waals surface area contributed by atoms with Crippen molar-refractivity contribution in [2.45, 2.75) is 13.3 Å². The Kier molecular flexibility index (Phi) is 3.16. The molecule has 0 spiro atoms. The highest BCUT2D eigenvalue weighted by Crippen LogP contribution is 2.13. The van der Waals surface area contributed by atoms with Crippen LogP contribution in [0.5, 0.6) is 0 Å². The molecular formula is C14H13N3O. The van der Waals surface area contributed by atoms with E-state index in [4.69, 9.17) is 11.1 Å². The van der Waals surface area contributed by atoms with Crippen LogP contribution >= 0.6 is 0 Å². The van der Waals surface area contributed by atoms with Gasteiger partial charge >= 0.3 is 0 Å². The lowest BCUT2D eigenvalue weighted by Gasteiger charge is -2.05. The van der Waals surface area contributed by atoms with Gasteiger partial charge in [0.05, 0.1) is 11.6 Å². The van der Waals surface area contributed by atoms with Crippen molar-refractivity contribution < 1.29 is 4.79 Å². The molecule has 0 atom stereocenters. The largest absolute Gasteiger partial charge is 0.339 e. The molecule has 0 amide bonds. The first-order valence-electron chi connectivity index (χ1n) is 5.68. The normalized spacial score (nSPS) is 10.0. The lowest BCUT2D eigenvalue weighted by Crippen LogP contribution is -2.19. The maximum absolute atomic E-state index is 12.3. The Hall–Kier alpha value is -2.54. The van der Waals surface area contributed by atoms with Gasteiger partial charge < -0.3 is 5.84 Å². The zero-order valence-corrected chi connectivity index (χ0v) is 10.1. The van der Waals surface area contributed by atoms with Crippen LogP contribution in [0.4, 0.5) is 0 Å². The molecule has 0 bridgehead atoms. The van der Waals surface area contributed by atoms with Crippen molar-refractivity contribution in [2.75, 3.05) is 5.84 Å². The van der Waals surface area contributed by atoms with E-state index in [1.807, 2.05) is 19.1 Å². The predicted molar refractivity (Wildman–Crippen MR) is 68.5 cm³/mol. The number of ketones is 1. The van der Waals surface area contributed by atoms with E-state index < -0.39 is 0 Å². The molecule has 90 valence electrons. The Bertz CT molecular complexity index is 635. The van der Waals surface area contributed by atoms with Crippen LogP contribution in [0.1, 0.15) is 34.2 Å². The van der Waals surface area contributed by atoms with Gasteiger partial charge in [-0.1, -0.05) is 19.1 Å². The van der Waals surface area contributed by atoms with Crippen LogP contribution in [0.3, 0.4) is 0 Å². The molecule has 2 N–H and O–H groups in total. The van der Waals surface area contributed by atoms with Gasteiger partial charge in [-0.25, -0.2) is 0 Å². The number of carbonyl (C=O) groups is 1. The van der Waals surface area contributed by atoms with E-state index >= 15 is 0 Å². The van der Waals surface area contributed by atoms with E-state index in [0.29, 0.717) is 16.8 Å². The van der Waals surface area contributed by atoms with E-state index in [1.165, 1.54) is 4.68 Å². The Labute approximate surface area is 105 Å². The topological polar surface area (TPSA) is 71.8 Å². The molecule has 0 unspecified atom stereocenters. The second-order valence-electron chi connectivity index (χ2n) is 3.96. The Morgan fingerprint density at radius 1 is 1.39 bits per heavy atom. The molecule has 0 radical (unpaired) electrons. The van der Waals surface area contributed by atoms with Gasteiger partial charge in [0.2, 0.25) is 5.78 Å². The number of benzene rings is 1. The Balaban J connectivity index is 2.42. The van der Waals surface area contributed by atoms with Crippen molar-refractivity contribution in [3.8, 4) is 6.07 Å². The highest BCUT2D eigenvalue weighted by atomic mass is 16.1. The van der Waals surface area contributed by atoms with Crippen LogP contribution < -0.4 is 5.84 Å². The molecule has 0 saturated carbocycles. The summed E-state index contributed by atoms with van der Waals surface area (Å²) < 4.78 is 1.40. The van der Waals surface area contributed by atoms with Crippen molar-refractivity contribution >= 4 is 5.78 Å². The third kappa shape index (κ3) is 1.98. The van der Waals surface area contributed by atoms with Crippen LogP contribution in [-0.2, 0) is 6.42 Å². The van der Waals surface area contributed by atoms with Gasteiger partial charge in [-0.05, 0) is 30.7 Å².